The van der Waals surface area contributed by atoms with Crippen molar-refractivity contribution >= 4 is 23.1 Å². The number of fused-ring (bicyclic) bond motifs is 1. The van der Waals surface area contributed by atoms with Gasteiger partial charge in [0.1, 0.15) is 5.82 Å². The predicted octanol–water partition coefficient (Wildman–Crippen LogP) is 4.30. The largest absolute Gasteiger partial charge is 0.378 e. The summed E-state index contributed by atoms with van der Waals surface area (Å²) in [6.45, 7) is 6.44. The number of carbonyl (C=O) groups excluding carboxylic acids is 2. The van der Waals surface area contributed by atoms with Gasteiger partial charge in [-0.15, -0.1) is 0 Å². The van der Waals surface area contributed by atoms with Gasteiger partial charge in [-0.1, -0.05) is 38.1 Å². The van der Waals surface area contributed by atoms with Crippen LogP contribution in [0.25, 0.3) is 0 Å². The molecule has 34 heavy (non-hydrogen) atoms. The zero-order valence-corrected chi connectivity index (χ0v) is 19.6. The van der Waals surface area contributed by atoms with Crippen molar-refractivity contribution < 1.29 is 18.7 Å². The van der Waals surface area contributed by atoms with Crippen molar-refractivity contribution in [2.24, 2.45) is 5.41 Å². The fraction of sp³-hybridized carbons (Fsp3) is 0.407. The van der Waals surface area contributed by atoms with Crippen LogP contribution in [0.2, 0.25) is 0 Å². The predicted molar refractivity (Wildman–Crippen MR) is 129 cm³/mol. The average Bonchev–Trinajstić information content (AvgIpc) is 2.94. The van der Waals surface area contributed by atoms with Gasteiger partial charge in [0.05, 0.1) is 37.2 Å². The minimum absolute atomic E-state index is 0.0159. The molecule has 6 nitrogen and oxygen atoms in total. The van der Waals surface area contributed by atoms with E-state index in [9.17, 15) is 14.0 Å². The number of ketones is 1. The first-order valence-corrected chi connectivity index (χ1v) is 11.8. The second kappa shape index (κ2) is 8.87. The molecule has 1 fully saturated rings. The number of halogens is 1. The van der Waals surface area contributed by atoms with Gasteiger partial charge < -0.3 is 19.9 Å². The molecule has 178 valence electrons. The summed E-state index contributed by atoms with van der Waals surface area (Å²) in [5.41, 5.74) is 3.86. The molecule has 2 aromatic rings. The minimum atomic E-state index is -0.500. The number of amides is 1. The summed E-state index contributed by atoms with van der Waals surface area (Å²) in [4.78, 5) is 30.9. The molecule has 7 heteroatoms. The third-order valence-corrected chi connectivity index (χ3v) is 6.86. The van der Waals surface area contributed by atoms with E-state index >= 15 is 0 Å². The van der Waals surface area contributed by atoms with Gasteiger partial charge in [-0.2, -0.15) is 0 Å². The van der Waals surface area contributed by atoms with Gasteiger partial charge >= 0.3 is 0 Å². The number of Topliss-reactive ketones (excluding diaryl/α,β-unsaturated/α-hetero) is 1. The van der Waals surface area contributed by atoms with Crippen molar-refractivity contribution in [2.75, 3.05) is 43.1 Å². The Kier molecular flexibility index (Phi) is 5.90. The molecule has 1 atom stereocenters. The topological polar surface area (TPSA) is 61.9 Å². The number of benzene rings is 2. The second-order valence-corrected chi connectivity index (χ2v) is 10.1. The molecule has 2 heterocycles. The molecule has 5 rings (SSSR count). The molecule has 3 aliphatic rings. The highest BCUT2D eigenvalue weighted by Gasteiger charge is 2.42. The summed E-state index contributed by atoms with van der Waals surface area (Å²) in [5.74, 6) is -0.292. The Morgan fingerprint density at radius 1 is 1.09 bits per heavy atom. The van der Waals surface area contributed by atoms with Crippen molar-refractivity contribution in [2.45, 2.75) is 32.7 Å². The standard InChI is InChI=1S/C27H30FN3O3/c1-27(2)15-21-25(23(32)16-27)26(18-7-9-19(28)10-8-18)31(22-6-4-3-5-20(22)29-21)17-24(33)30-11-13-34-14-12-30/h3-10,26,29H,11-17H2,1-2H3/t26-/m0/s1. The van der Waals surface area contributed by atoms with Gasteiger partial charge in [0.2, 0.25) is 5.91 Å². The maximum Gasteiger partial charge on any atom is 0.242 e. The molecule has 0 spiro atoms. The Bertz CT molecular complexity index is 1140. The fourth-order valence-electron chi connectivity index (χ4n) is 5.28. The van der Waals surface area contributed by atoms with E-state index in [4.69, 9.17) is 4.74 Å². The number of carbonyl (C=O) groups is 2. The molecule has 2 aliphatic heterocycles. The maximum atomic E-state index is 13.9. The summed E-state index contributed by atoms with van der Waals surface area (Å²) < 4.78 is 19.3. The van der Waals surface area contributed by atoms with E-state index in [0.717, 1.165) is 22.6 Å². The van der Waals surface area contributed by atoms with Crippen LogP contribution in [-0.4, -0.2) is 49.4 Å². The number of hydrogen-bond acceptors (Lipinski definition) is 5. The summed E-state index contributed by atoms with van der Waals surface area (Å²) in [7, 11) is 0. The molecule has 0 aromatic heterocycles. The lowest BCUT2D eigenvalue weighted by atomic mass is 9.73. The molecule has 1 saturated heterocycles. The lowest BCUT2D eigenvalue weighted by Crippen LogP contribution is -2.47. The molecule has 1 N–H and O–H groups in total. The normalized spacial score (nSPS) is 22.0. The summed E-state index contributed by atoms with van der Waals surface area (Å²) in [6, 6.07) is 13.6. The van der Waals surface area contributed by atoms with Crippen LogP contribution in [0.15, 0.2) is 59.8 Å². The maximum absolute atomic E-state index is 13.9. The molecule has 0 radical (unpaired) electrons. The first-order valence-electron chi connectivity index (χ1n) is 11.8. The van der Waals surface area contributed by atoms with Gasteiger partial charge in [-0.3, -0.25) is 9.59 Å². The molecule has 2 aromatic carbocycles. The van der Waals surface area contributed by atoms with E-state index in [0.29, 0.717) is 44.7 Å². The molecule has 1 amide bonds. The van der Waals surface area contributed by atoms with Crippen molar-refractivity contribution in [1.29, 1.82) is 0 Å². The van der Waals surface area contributed by atoms with Gasteiger partial charge in [-0.25, -0.2) is 4.39 Å². The van der Waals surface area contributed by atoms with E-state index < -0.39 is 6.04 Å². The second-order valence-electron chi connectivity index (χ2n) is 10.1. The van der Waals surface area contributed by atoms with Gasteiger partial charge in [0.25, 0.3) is 0 Å². The number of allylic oxidation sites excluding steroid dienone is 1. The first-order chi connectivity index (χ1) is 16.3. The highest BCUT2D eigenvalue weighted by atomic mass is 19.1. The van der Waals surface area contributed by atoms with Gasteiger partial charge in [-0.05, 0) is 41.7 Å². The SMILES string of the molecule is CC1(C)CC(=O)C2=C(C1)Nc1ccccc1N(CC(=O)N1CCOCC1)[C@H]2c1ccc(F)cc1. The highest BCUT2D eigenvalue weighted by molar-refractivity contribution is 6.01. The molecule has 0 unspecified atom stereocenters. The quantitative estimate of drug-likeness (QED) is 0.736. The summed E-state index contributed by atoms with van der Waals surface area (Å²) in [6.07, 6.45) is 1.14. The number of morpholine rings is 1. The number of nitrogens with zero attached hydrogens (tertiary/aromatic N) is 2. The van der Waals surface area contributed by atoms with Crippen molar-refractivity contribution in [3.05, 3.63) is 71.2 Å². The van der Waals surface area contributed by atoms with E-state index in [1.807, 2.05) is 34.1 Å². The summed E-state index contributed by atoms with van der Waals surface area (Å²) in [5, 5.41) is 3.54. The van der Waals surface area contributed by atoms with Crippen molar-refractivity contribution in [3.63, 3.8) is 0 Å². The molecule has 0 saturated carbocycles. The molecule has 1 aliphatic carbocycles. The lowest BCUT2D eigenvalue weighted by molar-refractivity contribution is -0.133. The number of para-hydroxylation sites is 2. The number of rotatable bonds is 3. The molecule has 0 bridgehead atoms. The van der Waals surface area contributed by atoms with Crippen LogP contribution in [-0.2, 0) is 14.3 Å². The van der Waals surface area contributed by atoms with Crippen molar-refractivity contribution in [3.8, 4) is 0 Å². The van der Waals surface area contributed by atoms with E-state index in [1.54, 1.807) is 12.1 Å². The molecular formula is C27H30FN3O3. The van der Waals surface area contributed by atoms with Crippen LogP contribution in [0.4, 0.5) is 15.8 Å². The van der Waals surface area contributed by atoms with Crippen molar-refractivity contribution in [1.82, 2.24) is 4.90 Å². The number of ether oxygens (including phenoxy) is 1. The number of nitrogens with one attached hydrogen (secondary N) is 1. The number of anilines is 2. The van der Waals surface area contributed by atoms with E-state index in [-0.39, 0.29) is 29.5 Å². The Labute approximate surface area is 199 Å². The summed E-state index contributed by atoms with van der Waals surface area (Å²) >= 11 is 0. The van der Waals surface area contributed by atoms with Crippen LogP contribution in [0, 0.1) is 11.2 Å². The lowest BCUT2D eigenvalue weighted by Gasteiger charge is -2.39. The number of hydrogen-bond donors (Lipinski definition) is 1. The smallest absolute Gasteiger partial charge is 0.242 e. The highest BCUT2D eigenvalue weighted by Crippen LogP contribution is 2.48. The van der Waals surface area contributed by atoms with E-state index in [1.165, 1.54) is 12.1 Å². The van der Waals surface area contributed by atoms with Crippen LogP contribution in [0.1, 0.15) is 38.3 Å². The van der Waals surface area contributed by atoms with Crippen LogP contribution < -0.4 is 10.2 Å². The molecular weight excluding hydrogens is 433 g/mol. The van der Waals surface area contributed by atoms with Gasteiger partial charge in [0, 0.05) is 30.8 Å². The van der Waals surface area contributed by atoms with Crippen LogP contribution >= 0.6 is 0 Å². The first kappa shape index (κ1) is 22.6. The van der Waals surface area contributed by atoms with Crippen LogP contribution in [0.3, 0.4) is 0 Å². The average molecular weight is 464 g/mol. The zero-order valence-electron chi connectivity index (χ0n) is 19.6. The Morgan fingerprint density at radius 2 is 1.79 bits per heavy atom. The Hall–Kier alpha value is -3.19. The minimum Gasteiger partial charge on any atom is -0.378 e. The zero-order chi connectivity index (χ0) is 23.9. The third kappa shape index (κ3) is 4.32. The van der Waals surface area contributed by atoms with Gasteiger partial charge in [0.15, 0.2) is 5.78 Å². The fourth-order valence-corrected chi connectivity index (χ4v) is 5.28. The monoisotopic (exact) mass is 463 g/mol. The van der Waals surface area contributed by atoms with E-state index in [2.05, 4.69) is 19.2 Å². The Morgan fingerprint density at radius 3 is 2.53 bits per heavy atom. The Balaban J connectivity index is 1.66. The van der Waals surface area contributed by atoms with Crippen LogP contribution in [0.5, 0.6) is 0 Å². The third-order valence-electron chi connectivity index (χ3n) is 6.86.